The summed E-state index contributed by atoms with van der Waals surface area (Å²) < 4.78 is 0. The third kappa shape index (κ3) is 6.97. The molecule has 31 heavy (non-hydrogen) atoms. The second kappa shape index (κ2) is 11.3. The standard InChI is InChI=1S/C23H27N5O2S/c1-17-16-31-21(27-17)15-28(2)23(30)19-8-5-7-18(13-19)22(29)26-12-6-10-24-14-20-9-3-4-11-25-20/h3-5,7-9,11,13,16,24H,6,10,12,14-15H2,1-2H3,(H,26,29). The molecule has 0 aliphatic rings. The molecule has 0 radical (unpaired) electrons. The fraction of sp³-hybridized carbons (Fsp3) is 0.304. The number of nitrogens with one attached hydrogen (secondary N) is 2. The Kier molecular flexibility index (Phi) is 8.26. The van der Waals surface area contributed by atoms with Crippen LogP contribution in [0.2, 0.25) is 0 Å². The van der Waals surface area contributed by atoms with Crippen LogP contribution in [0.5, 0.6) is 0 Å². The quantitative estimate of drug-likeness (QED) is 0.476. The number of benzene rings is 1. The minimum absolute atomic E-state index is 0.138. The van der Waals surface area contributed by atoms with E-state index in [0.29, 0.717) is 30.8 Å². The zero-order valence-corrected chi connectivity index (χ0v) is 18.6. The van der Waals surface area contributed by atoms with Crippen LogP contribution in [0.4, 0.5) is 0 Å². The van der Waals surface area contributed by atoms with Crippen molar-refractivity contribution >= 4 is 23.2 Å². The van der Waals surface area contributed by atoms with Crippen LogP contribution in [-0.2, 0) is 13.1 Å². The Balaban J connectivity index is 1.44. The first-order chi connectivity index (χ1) is 15.0. The highest BCUT2D eigenvalue weighted by molar-refractivity contribution is 7.09. The summed E-state index contributed by atoms with van der Waals surface area (Å²) in [4.78, 5) is 35.5. The molecule has 0 aliphatic heterocycles. The van der Waals surface area contributed by atoms with Crippen molar-refractivity contribution in [1.82, 2.24) is 25.5 Å². The van der Waals surface area contributed by atoms with Crippen LogP contribution >= 0.6 is 11.3 Å². The number of nitrogens with zero attached hydrogens (tertiary/aromatic N) is 3. The Morgan fingerprint density at radius 1 is 1.10 bits per heavy atom. The van der Waals surface area contributed by atoms with Gasteiger partial charge in [-0.1, -0.05) is 12.1 Å². The van der Waals surface area contributed by atoms with Gasteiger partial charge in [-0.3, -0.25) is 14.6 Å². The number of carbonyl (C=O) groups is 2. The van der Waals surface area contributed by atoms with Crippen molar-refractivity contribution in [2.45, 2.75) is 26.4 Å². The topological polar surface area (TPSA) is 87.2 Å². The molecule has 0 atom stereocenters. The molecule has 0 fully saturated rings. The van der Waals surface area contributed by atoms with Crippen LogP contribution in [0.25, 0.3) is 0 Å². The number of thiazole rings is 1. The van der Waals surface area contributed by atoms with E-state index >= 15 is 0 Å². The minimum atomic E-state index is -0.183. The minimum Gasteiger partial charge on any atom is -0.352 e. The normalized spacial score (nSPS) is 10.6. The van der Waals surface area contributed by atoms with Crippen LogP contribution in [0.1, 0.15) is 43.5 Å². The van der Waals surface area contributed by atoms with Crippen molar-refractivity contribution in [1.29, 1.82) is 0 Å². The van der Waals surface area contributed by atoms with E-state index in [0.717, 1.165) is 29.4 Å². The predicted octanol–water partition coefficient (Wildman–Crippen LogP) is 3.03. The number of rotatable bonds is 10. The van der Waals surface area contributed by atoms with Gasteiger partial charge in [-0.15, -0.1) is 11.3 Å². The third-order valence-electron chi connectivity index (χ3n) is 4.61. The number of hydrogen-bond acceptors (Lipinski definition) is 6. The van der Waals surface area contributed by atoms with Crippen LogP contribution in [-0.4, -0.2) is 46.8 Å². The molecule has 162 valence electrons. The first-order valence-electron chi connectivity index (χ1n) is 10.2. The van der Waals surface area contributed by atoms with E-state index in [2.05, 4.69) is 20.6 Å². The van der Waals surface area contributed by atoms with Gasteiger partial charge in [-0.2, -0.15) is 0 Å². The molecule has 3 rings (SSSR count). The van der Waals surface area contributed by atoms with E-state index < -0.39 is 0 Å². The zero-order chi connectivity index (χ0) is 22.1. The summed E-state index contributed by atoms with van der Waals surface area (Å²) in [5.41, 5.74) is 2.90. The van der Waals surface area contributed by atoms with Crippen molar-refractivity contribution in [2.75, 3.05) is 20.1 Å². The van der Waals surface area contributed by atoms with Gasteiger partial charge in [0.15, 0.2) is 0 Å². The van der Waals surface area contributed by atoms with Crippen molar-refractivity contribution in [3.05, 3.63) is 81.6 Å². The molecule has 0 spiro atoms. The molecule has 2 amide bonds. The first-order valence-corrected chi connectivity index (χ1v) is 11.1. The summed E-state index contributed by atoms with van der Waals surface area (Å²) in [5, 5.41) is 9.07. The van der Waals surface area contributed by atoms with Gasteiger partial charge < -0.3 is 15.5 Å². The summed E-state index contributed by atoms with van der Waals surface area (Å²) in [7, 11) is 1.74. The number of hydrogen-bond donors (Lipinski definition) is 2. The molecule has 8 heteroatoms. The monoisotopic (exact) mass is 437 g/mol. The second-order valence-electron chi connectivity index (χ2n) is 7.23. The maximum Gasteiger partial charge on any atom is 0.253 e. The number of carbonyl (C=O) groups excluding carboxylic acids is 2. The molecule has 2 aromatic heterocycles. The number of pyridine rings is 1. The van der Waals surface area contributed by atoms with Gasteiger partial charge >= 0.3 is 0 Å². The highest BCUT2D eigenvalue weighted by atomic mass is 32.1. The average Bonchev–Trinajstić information content (AvgIpc) is 3.20. The van der Waals surface area contributed by atoms with E-state index in [-0.39, 0.29) is 11.8 Å². The number of amides is 2. The Bertz CT molecular complexity index is 1010. The molecule has 2 N–H and O–H groups in total. The summed E-state index contributed by atoms with van der Waals surface area (Å²) in [5.74, 6) is -0.321. The summed E-state index contributed by atoms with van der Waals surface area (Å²) in [6.45, 7) is 4.40. The van der Waals surface area contributed by atoms with Gasteiger partial charge in [-0.05, 0) is 50.2 Å². The lowest BCUT2D eigenvalue weighted by molar-refractivity contribution is 0.0785. The fourth-order valence-corrected chi connectivity index (χ4v) is 3.82. The van der Waals surface area contributed by atoms with Crippen molar-refractivity contribution < 1.29 is 9.59 Å². The predicted molar refractivity (Wildman–Crippen MR) is 122 cm³/mol. The maximum atomic E-state index is 12.7. The molecule has 0 aliphatic carbocycles. The van der Waals surface area contributed by atoms with E-state index in [1.807, 2.05) is 30.5 Å². The highest BCUT2D eigenvalue weighted by Crippen LogP contribution is 2.14. The average molecular weight is 438 g/mol. The molecule has 3 aromatic rings. The maximum absolute atomic E-state index is 12.7. The lowest BCUT2D eigenvalue weighted by Gasteiger charge is -2.16. The van der Waals surface area contributed by atoms with Gasteiger partial charge in [0.1, 0.15) is 5.01 Å². The molecule has 0 saturated heterocycles. The lowest BCUT2D eigenvalue weighted by atomic mass is 10.1. The van der Waals surface area contributed by atoms with Gasteiger partial charge in [0, 0.05) is 48.5 Å². The SMILES string of the molecule is Cc1csc(CN(C)C(=O)c2cccc(C(=O)NCCCNCc3ccccn3)c2)n1. The van der Waals surface area contributed by atoms with Crippen LogP contribution < -0.4 is 10.6 Å². The van der Waals surface area contributed by atoms with Crippen molar-refractivity contribution in [3.8, 4) is 0 Å². The van der Waals surface area contributed by atoms with E-state index in [1.165, 1.54) is 11.3 Å². The largest absolute Gasteiger partial charge is 0.352 e. The van der Waals surface area contributed by atoms with Crippen molar-refractivity contribution in [2.24, 2.45) is 0 Å². The summed E-state index contributed by atoms with van der Waals surface area (Å²) in [6, 6.07) is 12.6. The van der Waals surface area contributed by atoms with E-state index in [4.69, 9.17) is 0 Å². The molecule has 0 unspecified atom stereocenters. The molecule has 0 bridgehead atoms. The Labute approximate surface area is 186 Å². The number of aryl methyl sites for hydroxylation is 1. The summed E-state index contributed by atoms with van der Waals surface area (Å²) >= 11 is 1.53. The van der Waals surface area contributed by atoms with E-state index in [1.54, 1.807) is 42.4 Å². The van der Waals surface area contributed by atoms with Crippen LogP contribution in [0.15, 0.2) is 54.0 Å². The van der Waals surface area contributed by atoms with Gasteiger partial charge in [0.05, 0.1) is 12.2 Å². The Hall–Kier alpha value is -3.10. The molecular weight excluding hydrogens is 410 g/mol. The molecular formula is C23H27N5O2S. The van der Waals surface area contributed by atoms with Gasteiger partial charge in [0.25, 0.3) is 11.8 Å². The third-order valence-corrected chi connectivity index (χ3v) is 5.56. The van der Waals surface area contributed by atoms with Gasteiger partial charge in [0.2, 0.25) is 0 Å². The number of aromatic nitrogens is 2. The summed E-state index contributed by atoms with van der Waals surface area (Å²) in [6.07, 6.45) is 2.57. The smallest absolute Gasteiger partial charge is 0.253 e. The Morgan fingerprint density at radius 3 is 2.68 bits per heavy atom. The highest BCUT2D eigenvalue weighted by Gasteiger charge is 2.15. The second-order valence-corrected chi connectivity index (χ2v) is 8.17. The molecule has 1 aromatic carbocycles. The molecule has 0 saturated carbocycles. The molecule has 7 nitrogen and oxygen atoms in total. The van der Waals surface area contributed by atoms with E-state index in [9.17, 15) is 9.59 Å². The van der Waals surface area contributed by atoms with Crippen LogP contribution in [0, 0.1) is 6.92 Å². The Morgan fingerprint density at radius 2 is 1.94 bits per heavy atom. The fourth-order valence-electron chi connectivity index (χ4n) is 3.00. The van der Waals surface area contributed by atoms with Gasteiger partial charge in [-0.25, -0.2) is 4.98 Å². The molecule has 2 heterocycles. The van der Waals surface area contributed by atoms with Crippen LogP contribution in [0.3, 0.4) is 0 Å². The first kappa shape index (κ1) is 22.6. The van der Waals surface area contributed by atoms with Crippen molar-refractivity contribution in [3.63, 3.8) is 0 Å². The lowest BCUT2D eigenvalue weighted by Crippen LogP contribution is -2.28. The zero-order valence-electron chi connectivity index (χ0n) is 17.8.